The Labute approximate surface area is 145 Å². The molecule has 0 unspecified atom stereocenters. The Morgan fingerprint density at radius 1 is 0.625 bits per heavy atom. The summed E-state index contributed by atoms with van der Waals surface area (Å²) >= 11 is 0. The molecule has 0 heterocycles. The topological polar surface area (TPSA) is 23.8 Å². The number of nitrogens with zero attached hydrogens (tertiary/aromatic N) is 1. The summed E-state index contributed by atoms with van der Waals surface area (Å²) in [5.41, 5.74) is 4.29. The van der Waals surface area contributed by atoms with Gasteiger partial charge in [-0.2, -0.15) is 5.26 Å². The van der Waals surface area contributed by atoms with Gasteiger partial charge in [-0.1, -0.05) is 68.1 Å². The third-order valence-corrected chi connectivity index (χ3v) is 6.72. The van der Waals surface area contributed by atoms with E-state index in [4.69, 9.17) is 5.26 Å². The number of benzene rings is 2. The summed E-state index contributed by atoms with van der Waals surface area (Å²) in [5.74, 6) is 0. The molecule has 24 heavy (non-hydrogen) atoms. The lowest BCUT2D eigenvalue weighted by Crippen LogP contribution is -2.45. The van der Waals surface area contributed by atoms with Crippen LogP contribution in [0.3, 0.4) is 0 Å². The van der Waals surface area contributed by atoms with E-state index < -0.39 is 0 Å². The van der Waals surface area contributed by atoms with Crippen molar-refractivity contribution in [3.05, 3.63) is 71.3 Å². The third kappa shape index (κ3) is 2.20. The van der Waals surface area contributed by atoms with Crippen LogP contribution in [0.4, 0.5) is 0 Å². The van der Waals surface area contributed by atoms with Crippen LogP contribution >= 0.6 is 0 Å². The molecule has 122 valence electrons. The van der Waals surface area contributed by atoms with Crippen molar-refractivity contribution in [3.63, 3.8) is 0 Å². The highest BCUT2D eigenvalue weighted by Gasteiger charge is 2.55. The molecule has 2 fully saturated rings. The molecular weight excluding hydrogens is 290 g/mol. The fourth-order valence-electron chi connectivity index (χ4n) is 5.67. The second-order valence-electron chi connectivity index (χ2n) is 7.63. The Morgan fingerprint density at radius 2 is 1.08 bits per heavy atom. The molecule has 1 heteroatoms. The summed E-state index contributed by atoms with van der Waals surface area (Å²) in [7, 11) is 0. The second-order valence-corrected chi connectivity index (χ2v) is 7.63. The van der Waals surface area contributed by atoms with Gasteiger partial charge in [-0.15, -0.1) is 0 Å². The van der Waals surface area contributed by atoms with Crippen molar-refractivity contribution in [3.8, 4) is 6.07 Å². The molecule has 0 bridgehead atoms. The monoisotopic (exact) mass is 315 g/mol. The van der Waals surface area contributed by atoms with Gasteiger partial charge < -0.3 is 0 Å². The zero-order chi connectivity index (χ0) is 16.5. The normalized spacial score (nSPS) is 21.5. The van der Waals surface area contributed by atoms with Gasteiger partial charge in [-0.3, -0.25) is 0 Å². The molecule has 2 aliphatic rings. The highest BCUT2D eigenvalue weighted by Crippen LogP contribution is 2.60. The van der Waals surface area contributed by atoms with Crippen molar-refractivity contribution in [2.24, 2.45) is 0 Å². The lowest BCUT2D eigenvalue weighted by molar-refractivity contribution is 0.216. The zero-order valence-corrected chi connectivity index (χ0v) is 14.3. The first kappa shape index (κ1) is 15.5. The average molecular weight is 315 g/mol. The van der Waals surface area contributed by atoms with Gasteiger partial charge in [-0.25, -0.2) is 0 Å². The standard InChI is InChI=1S/C23H25N/c24-18-19-10-12-21(13-11-19)23(16-6-7-17-23)22(14-4-5-15-22)20-8-2-1-3-9-20/h1-3,8-13H,4-7,14-17H2. The van der Waals surface area contributed by atoms with E-state index in [0.717, 1.165) is 5.56 Å². The molecule has 0 aliphatic heterocycles. The van der Waals surface area contributed by atoms with Crippen LogP contribution < -0.4 is 0 Å². The molecule has 1 nitrogen and oxygen atoms in total. The van der Waals surface area contributed by atoms with Crippen LogP contribution in [-0.4, -0.2) is 0 Å². The van der Waals surface area contributed by atoms with Gasteiger partial charge in [0.25, 0.3) is 0 Å². The first-order chi connectivity index (χ1) is 11.8. The molecule has 0 amide bonds. The number of nitriles is 1. The Bertz CT molecular complexity index is 724. The van der Waals surface area contributed by atoms with Crippen LogP contribution in [0.2, 0.25) is 0 Å². The van der Waals surface area contributed by atoms with Crippen molar-refractivity contribution in [1.29, 1.82) is 5.26 Å². The number of hydrogen-bond donors (Lipinski definition) is 0. The molecular formula is C23H25N. The Kier molecular flexibility index (Phi) is 3.93. The van der Waals surface area contributed by atoms with Gasteiger partial charge in [0.2, 0.25) is 0 Å². The fourth-order valence-corrected chi connectivity index (χ4v) is 5.67. The molecule has 2 aliphatic carbocycles. The van der Waals surface area contributed by atoms with E-state index in [1.54, 1.807) is 0 Å². The lowest BCUT2D eigenvalue weighted by Gasteiger charge is -2.48. The molecule has 0 atom stereocenters. The first-order valence-corrected chi connectivity index (χ1v) is 9.37. The summed E-state index contributed by atoms with van der Waals surface area (Å²) in [5, 5.41) is 9.15. The maximum atomic E-state index is 9.15. The van der Waals surface area contributed by atoms with Crippen LogP contribution in [0.25, 0.3) is 0 Å². The van der Waals surface area contributed by atoms with Crippen molar-refractivity contribution in [2.45, 2.75) is 62.2 Å². The molecule has 0 aromatic heterocycles. The van der Waals surface area contributed by atoms with E-state index in [0.29, 0.717) is 0 Å². The van der Waals surface area contributed by atoms with E-state index in [1.807, 2.05) is 12.1 Å². The zero-order valence-electron chi connectivity index (χ0n) is 14.3. The minimum atomic E-state index is 0.249. The quantitative estimate of drug-likeness (QED) is 0.693. The van der Waals surface area contributed by atoms with Crippen LogP contribution in [0.1, 0.15) is 68.1 Å². The second kappa shape index (κ2) is 6.10. The van der Waals surface area contributed by atoms with Gasteiger partial charge in [0.1, 0.15) is 0 Å². The smallest absolute Gasteiger partial charge is 0.0991 e. The number of rotatable bonds is 3. The Morgan fingerprint density at radius 3 is 1.54 bits per heavy atom. The van der Waals surface area contributed by atoms with E-state index >= 15 is 0 Å². The van der Waals surface area contributed by atoms with E-state index in [9.17, 15) is 0 Å². The Hall–Kier alpha value is -2.07. The average Bonchev–Trinajstić information content (AvgIpc) is 3.33. The lowest BCUT2D eigenvalue weighted by atomic mass is 9.55. The Balaban J connectivity index is 1.88. The maximum absolute atomic E-state index is 9.15. The largest absolute Gasteiger partial charge is 0.192 e. The molecule has 2 aromatic rings. The van der Waals surface area contributed by atoms with Gasteiger partial charge in [0.15, 0.2) is 0 Å². The van der Waals surface area contributed by atoms with E-state index in [2.05, 4.69) is 48.5 Å². The van der Waals surface area contributed by atoms with Crippen molar-refractivity contribution < 1.29 is 0 Å². The minimum absolute atomic E-state index is 0.249. The fraction of sp³-hybridized carbons (Fsp3) is 0.435. The van der Waals surface area contributed by atoms with Crippen molar-refractivity contribution in [2.75, 3.05) is 0 Å². The molecule has 2 aromatic carbocycles. The highest BCUT2D eigenvalue weighted by molar-refractivity contribution is 5.43. The van der Waals surface area contributed by atoms with Crippen molar-refractivity contribution in [1.82, 2.24) is 0 Å². The third-order valence-electron chi connectivity index (χ3n) is 6.72. The minimum Gasteiger partial charge on any atom is -0.192 e. The summed E-state index contributed by atoms with van der Waals surface area (Å²) in [6, 6.07) is 22.0. The van der Waals surface area contributed by atoms with Gasteiger partial charge in [0, 0.05) is 10.8 Å². The van der Waals surface area contributed by atoms with Gasteiger partial charge in [0.05, 0.1) is 11.6 Å². The van der Waals surface area contributed by atoms with Crippen molar-refractivity contribution >= 4 is 0 Å². The predicted octanol–water partition coefficient (Wildman–Crippen LogP) is 5.88. The maximum Gasteiger partial charge on any atom is 0.0991 e. The SMILES string of the molecule is N#Cc1ccc(C2(C3(c4ccccc4)CCCC3)CCCC2)cc1. The van der Waals surface area contributed by atoms with Crippen LogP contribution in [0, 0.1) is 11.3 Å². The predicted molar refractivity (Wildman–Crippen MR) is 97.9 cm³/mol. The molecule has 0 saturated heterocycles. The number of hydrogen-bond acceptors (Lipinski definition) is 1. The summed E-state index contributed by atoms with van der Waals surface area (Å²) in [6.07, 6.45) is 10.5. The van der Waals surface area contributed by atoms with Gasteiger partial charge in [-0.05, 0) is 48.9 Å². The summed E-state index contributed by atoms with van der Waals surface area (Å²) in [6.45, 7) is 0. The molecule has 4 rings (SSSR count). The molecule has 0 radical (unpaired) electrons. The van der Waals surface area contributed by atoms with Crippen LogP contribution in [0.5, 0.6) is 0 Å². The summed E-state index contributed by atoms with van der Waals surface area (Å²) in [4.78, 5) is 0. The highest BCUT2D eigenvalue weighted by atomic mass is 14.6. The van der Waals surface area contributed by atoms with Gasteiger partial charge >= 0.3 is 0 Å². The summed E-state index contributed by atoms with van der Waals surface area (Å²) < 4.78 is 0. The van der Waals surface area contributed by atoms with E-state index in [-0.39, 0.29) is 10.8 Å². The van der Waals surface area contributed by atoms with Crippen LogP contribution in [-0.2, 0) is 10.8 Å². The molecule has 0 N–H and O–H groups in total. The molecule has 2 saturated carbocycles. The van der Waals surface area contributed by atoms with Crippen LogP contribution in [0.15, 0.2) is 54.6 Å². The first-order valence-electron chi connectivity index (χ1n) is 9.37. The van der Waals surface area contributed by atoms with E-state index in [1.165, 1.54) is 62.5 Å². The molecule has 0 spiro atoms.